The van der Waals surface area contributed by atoms with Gasteiger partial charge in [0.1, 0.15) is 17.4 Å². The standard InChI is InChI=1S/C10H10F2OS/c1-2-8(13)6-14-10-5-7(11)3-4-9(10)12/h3-5H,2,6H2,1H3. The van der Waals surface area contributed by atoms with Crippen molar-refractivity contribution in [2.24, 2.45) is 0 Å². The van der Waals surface area contributed by atoms with Crippen LogP contribution < -0.4 is 0 Å². The summed E-state index contributed by atoms with van der Waals surface area (Å²) in [5.41, 5.74) is 0. The predicted molar refractivity (Wildman–Crippen MR) is 52.4 cm³/mol. The second-order valence-corrected chi connectivity index (χ2v) is 3.77. The number of rotatable bonds is 4. The lowest BCUT2D eigenvalue weighted by atomic mass is 10.3. The van der Waals surface area contributed by atoms with E-state index in [1.807, 2.05) is 0 Å². The van der Waals surface area contributed by atoms with E-state index >= 15 is 0 Å². The highest BCUT2D eigenvalue weighted by Gasteiger charge is 2.06. The summed E-state index contributed by atoms with van der Waals surface area (Å²) in [4.78, 5) is 11.1. The molecule has 0 spiro atoms. The summed E-state index contributed by atoms with van der Waals surface area (Å²) in [5.74, 6) is -0.756. The molecule has 0 atom stereocenters. The van der Waals surface area contributed by atoms with Crippen LogP contribution in [0.3, 0.4) is 0 Å². The average molecular weight is 216 g/mol. The van der Waals surface area contributed by atoms with Gasteiger partial charge in [0.25, 0.3) is 0 Å². The highest BCUT2D eigenvalue weighted by Crippen LogP contribution is 2.22. The van der Waals surface area contributed by atoms with Crippen molar-refractivity contribution in [1.82, 2.24) is 0 Å². The summed E-state index contributed by atoms with van der Waals surface area (Å²) in [6, 6.07) is 3.22. The Bertz CT molecular complexity index is 339. The van der Waals surface area contributed by atoms with Crippen molar-refractivity contribution in [2.45, 2.75) is 18.2 Å². The summed E-state index contributed by atoms with van der Waals surface area (Å²) in [6.45, 7) is 1.74. The Hall–Kier alpha value is -0.900. The topological polar surface area (TPSA) is 17.1 Å². The van der Waals surface area contributed by atoms with Gasteiger partial charge < -0.3 is 0 Å². The minimum Gasteiger partial charge on any atom is -0.299 e. The Morgan fingerprint density at radius 2 is 2.14 bits per heavy atom. The SMILES string of the molecule is CCC(=O)CSc1cc(F)ccc1F. The van der Waals surface area contributed by atoms with Gasteiger partial charge in [0, 0.05) is 11.3 Å². The van der Waals surface area contributed by atoms with Gasteiger partial charge in [-0.05, 0) is 18.2 Å². The minimum absolute atomic E-state index is 0.0265. The van der Waals surface area contributed by atoms with Gasteiger partial charge in [-0.2, -0.15) is 0 Å². The van der Waals surface area contributed by atoms with Crippen molar-refractivity contribution in [3.05, 3.63) is 29.8 Å². The normalized spacial score (nSPS) is 10.2. The lowest BCUT2D eigenvalue weighted by molar-refractivity contribution is -0.116. The zero-order valence-corrected chi connectivity index (χ0v) is 8.54. The summed E-state index contributed by atoms with van der Waals surface area (Å²) in [7, 11) is 0. The number of hydrogen-bond acceptors (Lipinski definition) is 2. The molecule has 0 amide bonds. The van der Waals surface area contributed by atoms with E-state index in [0.29, 0.717) is 6.42 Å². The van der Waals surface area contributed by atoms with E-state index in [4.69, 9.17) is 0 Å². The minimum atomic E-state index is -0.488. The van der Waals surface area contributed by atoms with Crippen LogP contribution in [0.15, 0.2) is 23.1 Å². The smallest absolute Gasteiger partial charge is 0.142 e. The maximum absolute atomic E-state index is 13.0. The molecule has 0 saturated heterocycles. The summed E-state index contributed by atoms with van der Waals surface area (Å²) < 4.78 is 25.7. The molecule has 0 bridgehead atoms. The van der Waals surface area contributed by atoms with Gasteiger partial charge in [0.05, 0.1) is 5.75 Å². The van der Waals surface area contributed by atoms with E-state index < -0.39 is 11.6 Å². The third-order valence-electron chi connectivity index (χ3n) is 1.68. The molecule has 0 unspecified atom stereocenters. The van der Waals surface area contributed by atoms with Crippen LogP contribution in [0.4, 0.5) is 8.78 Å². The number of halogens is 2. The molecule has 0 aromatic heterocycles. The molecular weight excluding hydrogens is 206 g/mol. The number of benzene rings is 1. The predicted octanol–water partition coefficient (Wildman–Crippen LogP) is 3.04. The average Bonchev–Trinajstić information content (AvgIpc) is 2.19. The molecule has 0 heterocycles. The van der Waals surface area contributed by atoms with Crippen LogP contribution in [0.5, 0.6) is 0 Å². The largest absolute Gasteiger partial charge is 0.299 e. The number of Topliss-reactive ketones (excluding diaryl/α,β-unsaturated/α-hetero) is 1. The third-order valence-corrected chi connectivity index (χ3v) is 2.77. The van der Waals surface area contributed by atoms with Gasteiger partial charge in [0.15, 0.2) is 0 Å². The van der Waals surface area contributed by atoms with E-state index in [-0.39, 0.29) is 16.4 Å². The quantitative estimate of drug-likeness (QED) is 0.719. The Balaban J connectivity index is 2.66. The van der Waals surface area contributed by atoms with Crippen molar-refractivity contribution >= 4 is 17.5 Å². The van der Waals surface area contributed by atoms with Crippen LogP contribution in [0.1, 0.15) is 13.3 Å². The zero-order valence-electron chi connectivity index (χ0n) is 7.72. The van der Waals surface area contributed by atoms with Crippen molar-refractivity contribution in [2.75, 3.05) is 5.75 Å². The van der Waals surface area contributed by atoms with Crippen LogP contribution in [0.25, 0.3) is 0 Å². The van der Waals surface area contributed by atoms with Crippen LogP contribution >= 0.6 is 11.8 Å². The Labute approximate surface area is 85.5 Å². The highest BCUT2D eigenvalue weighted by molar-refractivity contribution is 8.00. The Morgan fingerprint density at radius 1 is 1.43 bits per heavy atom. The molecule has 0 aliphatic rings. The van der Waals surface area contributed by atoms with Gasteiger partial charge in [-0.25, -0.2) is 8.78 Å². The maximum atomic E-state index is 13.0. The number of carbonyl (C=O) groups excluding carboxylic acids is 1. The molecule has 0 N–H and O–H groups in total. The van der Waals surface area contributed by atoms with Crippen molar-refractivity contribution in [3.63, 3.8) is 0 Å². The van der Waals surface area contributed by atoms with Crippen LogP contribution in [-0.4, -0.2) is 11.5 Å². The number of ketones is 1. The van der Waals surface area contributed by atoms with Gasteiger partial charge in [0.2, 0.25) is 0 Å². The molecular formula is C10H10F2OS. The second kappa shape index (κ2) is 5.10. The van der Waals surface area contributed by atoms with Crippen LogP contribution in [0.2, 0.25) is 0 Å². The Kier molecular flexibility index (Phi) is 4.07. The molecule has 0 aliphatic carbocycles. The molecule has 1 aromatic rings. The first-order chi connectivity index (χ1) is 6.63. The molecule has 0 aliphatic heterocycles. The fourth-order valence-corrected chi connectivity index (χ4v) is 1.77. The van der Waals surface area contributed by atoms with E-state index in [1.165, 1.54) is 0 Å². The van der Waals surface area contributed by atoms with E-state index in [9.17, 15) is 13.6 Å². The third kappa shape index (κ3) is 3.10. The van der Waals surface area contributed by atoms with E-state index in [1.54, 1.807) is 6.92 Å². The monoisotopic (exact) mass is 216 g/mol. The van der Waals surface area contributed by atoms with Crippen molar-refractivity contribution in [1.29, 1.82) is 0 Å². The lowest BCUT2D eigenvalue weighted by Crippen LogP contribution is -1.98. The fourth-order valence-electron chi connectivity index (χ4n) is 0.848. The molecule has 0 radical (unpaired) electrons. The van der Waals surface area contributed by atoms with Gasteiger partial charge in [-0.3, -0.25) is 4.79 Å². The summed E-state index contributed by atoms with van der Waals surface area (Å²) in [5, 5.41) is 0. The van der Waals surface area contributed by atoms with Gasteiger partial charge in [-0.1, -0.05) is 6.92 Å². The molecule has 1 rings (SSSR count). The molecule has 1 aromatic carbocycles. The first-order valence-corrected chi connectivity index (χ1v) is 5.21. The Morgan fingerprint density at radius 3 is 2.79 bits per heavy atom. The molecule has 1 nitrogen and oxygen atoms in total. The van der Waals surface area contributed by atoms with Crippen molar-refractivity contribution in [3.8, 4) is 0 Å². The molecule has 0 fully saturated rings. The molecule has 0 saturated carbocycles. The zero-order chi connectivity index (χ0) is 10.6. The summed E-state index contributed by atoms with van der Waals surface area (Å²) in [6.07, 6.45) is 0.421. The van der Waals surface area contributed by atoms with E-state index in [2.05, 4.69) is 0 Å². The maximum Gasteiger partial charge on any atom is 0.142 e. The summed E-state index contributed by atoms with van der Waals surface area (Å²) >= 11 is 1.03. The van der Waals surface area contributed by atoms with Gasteiger partial charge in [-0.15, -0.1) is 11.8 Å². The highest BCUT2D eigenvalue weighted by atomic mass is 32.2. The number of thioether (sulfide) groups is 1. The lowest BCUT2D eigenvalue weighted by Gasteiger charge is -2.01. The molecule has 14 heavy (non-hydrogen) atoms. The number of hydrogen-bond donors (Lipinski definition) is 0. The molecule has 76 valence electrons. The van der Waals surface area contributed by atoms with Gasteiger partial charge >= 0.3 is 0 Å². The second-order valence-electron chi connectivity index (χ2n) is 2.76. The first kappa shape index (κ1) is 11.2. The van der Waals surface area contributed by atoms with Crippen LogP contribution in [0, 0.1) is 11.6 Å². The van der Waals surface area contributed by atoms with E-state index in [0.717, 1.165) is 30.0 Å². The first-order valence-electron chi connectivity index (χ1n) is 4.23. The van der Waals surface area contributed by atoms with Crippen molar-refractivity contribution < 1.29 is 13.6 Å². The molecule has 4 heteroatoms. The van der Waals surface area contributed by atoms with Crippen LogP contribution in [-0.2, 0) is 4.79 Å². The fraction of sp³-hybridized carbons (Fsp3) is 0.300. The number of carbonyl (C=O) groups is 1.